The third-order valence-corrected chi connectivity index (χ3v) is 3.20. The molecular weight excluding hydrogens is 264 g/mol. The summed E-state index contributed by atoms with van der Waals surface area (Å²) in [4.78, 5) is 4.37. The van der Waals surface area contributed by atoms with Gasteiger partial charge in [0.05, 0.1) is 27.3 Å². The summed E-state index contributed by atoms with van der Waals surface area (Å²) in [7, 11) is 0. The quantitative estimate of drug-likeness (QED) is 0.716. The average molecular weight is 273 g/mol. The van der Waals surface area contributed by atoms with Gasteiger partial charge in [0.15, 0.2) is 0 Å². The van der Waals surface area contributed by atoms with E-state index in [1.165, 1.54) is 0 Å². The minimum atomic E-state index is 0.316. The molecule has 0 saturated carbocycles. The number of aromatic nitrogens is 1. The Morgan fingerprint density at radius 1 is 1.06 bits per heavy atom. The van der Waals surface area contributed by atoms with Gasteiger partial charge < -0.3 is 0 Å². The van der Waals surface area contributed by atoms with Crippen molar-refractivity contribution in [3.8, 4) is 11.3 Å². The van der Waals surface area contributed by atoms with Crippen LogP contribution in [0.25, 0.3) is 11.3 Å². The van der Waals surface area contributed by atoms with Crippen LogP contribution in [0.5, 0.6) is 0 Å². The third-order valence-electron chi connectivity index (χ3n) is 2.15. The van der Waals surface area contributed by atoms with Crippen molar-refractivity contribution < 1.29 is 0 Å². The molecule has 0 N–H and O–H groups in total. The standard InChI is InChI=1S/C12H8Cl3N/c13-7-9-6-10(14)11(15)12(16-9)8-4-2-1-3-5-8/h1-6H,7H2. The molecule has 0 aliphatic heterocycles. The highest BCUT2D eigenvalue weighted by Crippen LogP contribution is 2.32. The van der Waals surface area contributed by atoms with Gasteiger partial charge in [0.25, 0.3) is 0 Å². The van der Waals surface area contributed by atoms with Gasteiger partial charge in [0.2, 0.25) is 0 Å². The van der Waals surface area contributed by atoms with Crippen LogP contribution in [0, 0.1) is 0 Å². The maximum atomic E-state index is 6.12. The first-order valence-electron chi connectivity index (χ1n) is 4.68. The second kappa shape index (κ2) is 5.05. The van der Waals surface area contributed by atoms with Crippen LogP contribution in [0.3, 0.4) is 0 Å². The predicted molar refractivity (Wildman–Crippen MR) is 69.3 cm³/mol. The summed E-state index contributed by atoms with van der Waals surface area (Å²) < 4.78 is 0. The zero-order chi connectivity index (χ0) is 11.5. The molecule has 2 rings (SSSR count). The normalized spacial score (nSPS) is 10.4. The van der Waals surface area contributed by atoms with Gasteiger partial charge in [0, 0.05) is 5.56 Å². The zero-order valence-corrected chi connectivity index (χ0v) is 10.5. The molecule has 0 fully saturated rings. The lowest BCUT2D eigenvalue weighted by atomic mass is 10.1. The van der Waals surface area contributed by atoms with Gasteiger partial charge in [-0.05, 0) is 6.07 Å². The van der Waals surface area contributed by atoms with Crippen LogP contribution < -0.4 is 0 Å². The van der Waals surface area contributed by atoms with Crippen LogP contribution in [0.2, 0.25) is 10.0 Å². The summed E-state index contributed by atoms with van der Waals surface area (Å²) in [6, 6.07) is 11.3. The number of benzene rings is 1. The van der Waals surface area contributed by atoms with Crippen molar-refractivity contribution in [3.63, 3.8) is 0 Å². The number of nitrogens with zero attached hydrogens (tertiary/aromatic N) is 1. The van der Waals surface area contributed by atoms with E-state index in [9.17, 15) is 0 Å². The second-order valence-electron chi connectivity index (χ2n) is 3.26. The second-order valence-corrected chi connectivity index (χ2v) is 4.31. The fourth-order valence-corrected chi connectivity index (χ4v) is 1.96. The third kappa shape index (κ3) is 2.32. The van der Waals surface area contributed by atoms with E-state index in [4.69, 9.17) is 34.8 Å². The maximum Gasteiger partial charge on any atom is 0.0907 e. The number of pyridine rings is 1. The molecule has 0 amide bonds. The van der Waals surface area contributed by atoms with Crippen LogP contribution in [0.4, 0.5) is 0 Å². The Bertz CT molecular complexity index is 497. The molecule has 0 aliphatic rings. The van der Waals surface area contributed by atoms with Gasteiger partial charge >= 0.3 is 0 Å². The number of hydrogen-bond donors (Lipinski definition) is 0. The Morgan fingerprint density at radius 2 is 1.75 bits per heavy atom. The van der Waals surface area contributed by atoms with E-state index in [-0.39, 0.29) is 0 Å². The highest BCUT2D eigenvalue weighted by Gasteiger charge is 2.10. The van der Waals surface area contributed by atoms with Crippen LogP contribution >= 0.6 is 34.8 Å². The van der Waals surface area contributed by atoms with E-state index >= 15 is 0 Å². The highest BCUT2D eigenvalue weighted by atomic mass is 35.5. The summed E-state index contributed by atoms with van der Waals surface area (Å²) in [5.74, 6) is 0.316. The molecule has 82 valence electrons. The lowest BCUT2D eigenvalue weighted by Gasteiger charge is -2.07. The van der Waals surface area contributed by atoms with E-state index in [0.29, 0.717) is 21.6 Å². The minimum Gasteiger partial charge on any atom is -0.250 e. The first-order valence-corrected chi connectivity index (χ1v) is 5.97. The molecule has 0 atom stereocenters. The van der Waals surface area contributed by atoms with E-state index in [1.807, 2.05) is 30.3 Å². The molecule has 0 aliphatic carbocycles. The van der Waals surface area contributed by atoms with Gasteiger partial charge in [-0.15, -0.1) is 11.6 Å². The first kappa shape index (κ1) is 11.7. The monoisotopic (exact) mass is 271 g/mol. The Balaban J connectivity index is 2.60. The van der Waals surface area contributed by atoms with Crippen LogP contribution in [0.15, 0.2) is 36.4 Å². The van der Waals surface area contributed by atoms with Crippen molar-refractivity contribution in [1.82, 2.24) is 4.98 Å². The molecule has 0 unspecified atom stereocenters. The highest BCUT2D eigenvalue weighted by molar-refractivity contribution is 6.43. The Morgan fingerprint density at radius 3 is 2.38 bits per heavy atom. The topological polar surface area (TPSA) is 12.9 Å². The molecule has 2 aromatic rings. The van der Waals surface area contributed by atoms with Gasteiger partial charge in [0.1, 0.15) is 0 Å². The average Bonchev–Trinajstić information content (AvgIpc) is 2.33. The van der Waals surface area contributed by atoms with Crippen molar-refractivity contribution in [2.45, 2.75) is 5.88 Å². The van der Waals surface area contributed by atoms with E-state index in [2.05, 4.69) is 4.98 Å². The smallest absolute Gasteiger partial charge is 0.0907 e. The molecular formula is C12H8Cl3N. The number of rotatable bonds is 2. The summed E-state index contributed by atoms with van der Waals surface area (Å²) in [6.45, 7) is 0. The summed E-state index contributed by atoms with van der Waals surface area (Å²) in [6.07, 6.45) is 0. The zero-order valence-electron chi connectivity index (χ0n) is 8.25. The molecule has 0 spiro atoms. The maximum absolute atomic E-state index is 6.12. The molecule has 4 heteroatoms. The van der Waals surface area contributed by atoms with Gasteiger partial charge in [-0.2, -0.15) is 0 Å². The fraction of sp³-hybridized carbons (Fsp3) is 0.0833. The predicted octanol–water partition coefficient (Wildman–Crippen LogP) is 4.79. The summed E-state index contributed by atoms with van der Waals surface area (Å²) >= 11 is 17.9. The lowest BCUT2D eigenvalue weighted by molar-refractivity contribution is 1.17. The van der Waals surface area contributed by atoms with Crippen molar-refractivity contribution in [2.75, 3.05) is 0 Å². The van der Waals surface area contributed by atoms with Crippen LogP contribution in [-0.4, -0.2) is 4.98 Å². The molecule has 0 radical (unpaired) electrons. The van der Waals surface area contributed by atoms with E-state index in [0.717, 1.165) is 11.3 Å². The molecule has 1 aromatic carbocycles. The number of alkyl halides is 1. The first-order chi connectivity index (χ1) is 7.72. The van der Waals surface area contributed by atoms with Gasteiger partial charge in [-0.3, -0.25) is 0 Å². The van der Waals surface area contributed by atoms with Crippen molar-refractivity contribution >= 4 is 34.8 Å². The molecule has 16 heavy (non-hydrogen) atoms. The van der Waals surface area contributed by atoms with Crippen molar-refractivity contribution in [3.05, 3.63) is 52.1 Å². The van der Waals surface area contributed by atoms with Crippen LogP contribution in [0.1, 0.15) is 5.69 Å². The number of halogens is 3. The minimum absolute atomic E-state index is 0.316. The summed E-state index contributed by atoms with van der Waals surface area (Å²) in [5, 5.41) is 0.938. The van der Waals surface area contributed by atoms with Crippen LogP contribution in [-0.2, 0) is 5.88 Å². The lowest BCUT2D eigenvalue weighted by Crippen LogP contribution is -1.91. The molecule has 1 aromatic heterocycles. The molecule has 0 bridgehead atoms. The van der Waals surface area contributed by atoms with Crippen molar-refractivity contribution in [1.29, 1.82) is 0 Å². The molecule has 0 saturated heterocycles. The number of hydrogen-bond acceptors (Lipinski definition) is 1. The van der Waals surface area contributed by atoms with E-state index in [1.54, 1.807) is 6.07 Å². The summed E-state index contributed by atoms with van der Waals surface area (Å²) in [5.41, 5.74) is 2.32. The van der Waals surface area contributed by atoms with Gasteiger partial charge in [-0.1, -0.05) is 53.5 Å². The Kier molecular flexibility index (Phi) is 3.70. The fourth-order valence-electron chi connectivity index (χ4n) is 1.40. The van der Waals surface area contributed by atoms with Gasteiger partial charge in [-0.25, -0.2) is 4.98 Å². The van der Waals surface area contributed by atoms with E-state index < -0.39 is 0 Å². The Hall–Kier alpha value is -0.760. The Labute approximate surface area is 109 Å². The SMILES string of the molecule is ClCc1cc(Cl)c(Cl)c(-c2ccccc2)n1. The van der Waals surface area contributed by atoms with Crippen molar-refractivity contribution in [2.24, 2.45) is 0 Å². The molecule has 1 heterocycles. The largest absolute Gasteiger partial charge is 0.250 e. The molecule has 1 nitrogen and oxygen atoms in total.